The lowest BCUT2D eigenvalue weighted by atomic mass is 9.87. The van der Waals surface area contributed by atoms with Crippen molar-refractivity contribution < 1.29 is 9.53 Å². The topological polar surface area (TPSA) is 95.2 Å². The van der Waals surface area contributed by atoms with E-state index in [2.05, 4.69) is 22.0 Å². The Morgan fingerprint density at radius 2 is 1.80 bits per heavy atom. The number of ether oxygens (including phenoxy) is 1. The minimum atomic E-state index is -0.657. The van der Waals surface area contributed by atoms with E-state index in [1.165, 1.54) is 11.7 Å². The van der Waals surface area contributed by atoms with E-state index in [9.17, 15) is 14.4 Å². The molecule has 0 amide bonds. The van der Waals surface area contributed by atoms with Crippen molar-refractivity contribution in [2.75, 3.05) is 12.4 Å². The van der Waals surface area contributed by atoms with Crippen LogP contribution >= 0.6 is 0 Å². The Hall–Kier alpha value is -2.90. The molecular formula is C22H30N4O4. The molecule has 0 bridgehead atoms. The van der Waals surface area contributed by atoms with Crippen LogP contribution in [0.15, 0.2) is 33.9 Å². The molecule has 0 saturated heterocycles. The molecule has 0 atom stereocenters. The number of aryl methyl sites for hydroxylation is 1. The molecule has 1 aliphatic carbocycles. The molecular weight excluding hydrogens is 384 g/mol. The number of carbonyl (C=O) groups is 1. The van der Waals surface area contributed by atoms with Gasteiger partial charge in [-0.25, -0.2) is 14.2 Å². The van der Waals surface area contributed by atoms with E-state index in [1.807, 2.05) is 31.2 Å². The maximum atomic E-state index is 13.2. The highest BCUT2D eigenvalue weighted by Crippen LogP contribution is 2.25. The Kier molecular flexibility index (Phi) is 7.07. The van der Waals surface area contributed by atoms with Crippen LogP contribution in [0.4, 0.5) is 5.95 Å². The summed E-state index contributed by atoms with van der Waals surface area (Å²) in [6.45, 7) is 4.47. The van der Waals surface area contributed by atoms with E-state index in [-0.39, 0.29) is 25.6 Å². The molecule has 0 spiro atoms. The van der Waals surface area contributed by atoms with Crippen LogP contribution in [0.3, 0.4) is 0 Å². The van der Waals surface area contributed by atoms with Gasteiger partial charge in [0, 0.05) is 12.6 Å². The summed E-state index contributed by atoms with van der Waals surface area (Å²) in [5.41, 5.74) is 0.923. The number of esters is 1. The van der Waals surface area contributed by atoms with Gasteiger partial charge >= 0.3 is 17.3 Å². The number of methoxy groups -OCH3 is 1. The first kappa shape index (κ1) is 21.8. The molecule has 0 unspecified atom stereocenters. The van der Waals surface area contributed by atoms with Crippen molar-refractivity contribution in [2.45, 2.75) is 65.1 Å². The van der Waals surface area contributed by atoms with Gasteiger partial charge in [0.25, 0.3) is 0 Å². The van der Waals surface area contributed by atoms with Gasteiger partial charge in [0.1, 0.15) is 0 Å². The average molecular weight is 415 g/mol. The van der Waals surface area contributed by atoms with Crippen molar-refractivity contribution in [1.29, 1.82) is 0 Å². The molecule has 1 aromatic carbocycles. The molecule has 30 heavy (non-hydrogen) atoms. The van der Waals surface area contributed by atoms with E-state index in [0.29, 0.717) is 11.9 Å². The van der Waals surface area contributed by atoms with Crippen molar-refractivity contribution in [3.63, 3.8) is 0 Å². The van der Waals surface area contributed by atoms with Gasteiger partial charge in [-0.2, -0.15) is 4.98 Å². The molecule has 8 nitrogen and oxygen atoms in total. The summed E-state index contributed by atoms with van der Waals surface area (Å²) in [6.07, 6.45) is 4.11. The number of aromatic nitrogens is 3. The van der Waals surface area contributed by atoms with Gasteiger partial charge in [0.05, 0.1) is 20.1 Å². The summed E-state index contributed by atoms with van der Waals surface area (Å²) < 4.78 is 7.11. The number of hydrogen-bond donors (Lipinski definition) is 1. The number of rotatable bonds is 7. The van der Waals surface area contributed by atoms with Crippen LogP contribution in [0.5, 0.6) is 0 Å². The minimum absolute atomic E-state index is 0.0630. The number of hydrogen-bond acceptors (Lipinski definition) is 6. The van der Waals surface area contributed by atoms with Crippen LogP contribution in [-0.2, 0) is 22.6 Å². The molecule has 2 aromatic rings. The predicted octanol–water partition coefficient (Wildman–Crippen LogP) is 2.32. The second-order valence-electron chi connectivity index (χ2n) is 8.15. The van der Waals surface area contributed by atoms with Gasteiger partial charge in [-0.15, -0.1) is 0 Å². The Morgan fingerprint density at radius 1 is 1.13 bits per heavy atom. The van der Waals surface area contributed by atoms with Crippen LogP contribution < -0.4 is 16.7 Å². The number of anilines is 1. The first-order valence-electron chi connectivity index (χ1n) is 10.5. The van der Waals surface area contributed by atoms with Crippen LogP contribution in [0.25, 0.3) is 0 Å². The van der Waals surface area contributed by atoms with E-state index < -0.39 is 17.3 Å². The fraction of sp³-hybridized carbons (Fsp3) is 0.545. The molecule has 3 rings (SSSR count). The van der Waals surface area contributed by atoms with E-state index >= 15 is 0 Å². The van der Waals surface area contributed by atoms with Gasteiger partial charge in [-0.1, -0.05) is 36.8 Å². The number of nitrogens with one attached hydrogen (secondary N) is 1. The fourth-order valence-electron chi connectivity index (χ4n) is 3.74. The van der Waals surface area contributed by atoms with Crippen molar-refractivity contribution in [2.24, 2.45) is 5.92 Å². The molecule has 0 radical (unpaired) electrons. The summed E-state index contributed by atoms with van der Waals surface area (Å²) in [7, 11) is 1.27. The molecule has 1 saturated carbocycles. The molecule has 1 heterocycles. The monoisotopic (exact) mass is 414 g/mol. The summed E-state index contributed by atoms with van der Waals surface area (Å²) in [6, 6.07) is 8.06. The highest BCUT2D eigenvalue weighted by Gasteiger charge is 2.21. The van der Waals surface area contributed by atoms with Crippen molar-refractivity contribution >= 4 is 11.9 Å². The number of nitrogens with zero attached hydrogens (tertiary/aromatic N) is 3. The molecule has 1 aromatic heterocycles. The second-order valence-corrected chi connectivity index (χ2v) is 8.15. The van der Waals surface area contributed by atoms with E-state index in [4.69, 9.17) is 0 Å². The summed E-state index contributed by atoms with van der Waals surface area (Å²) in [5.74, 6) is 0.501. The Balaban J connectivity index is 1.94. The number of carbonyl (C=O) groups excluding carboxylic acids is 1. The van der Waals surface area contributed by atoms with Crippen molar-refractivity contribution in [3.05, 3.63) is 56.4 Å². The zero-order chi connectivity index (χ0) is 21.7. The zero-order valence-electron chi connectivity index (χ0n) is 17.9. The summed E-state index contributed by atoms with van der Waals surface area (Å²) in [5, 5.41) is 3.33. The molecule has 162 valence electrons. The smallest absolute Gasteiger partial charge is 0.354 e. The third-order valence-corrected chi connectivity index (χ3v) is 5.73. The van der Waals surface area contributed by atoms with Crippen molar-refractivity contribution in [3.8, 4) is 0 Å². The lowest BCUT2D eigenvalue weighted by Gasteiger charge is -2.28. The van der Waals surface area contributed by atoms with Crippen LogP contribution in [-0.4, -0.2) is 33.2 Å². The van der Waals surface area contributed by atoms with Crippen molar-refractivity contribution in [1.82, 2.24) is 14.1 Å². The van der Waals surface area contributed by atoms with Crippen LogP contribution in [0.2, 0.25) is 0 Å². The molecule has 0 aliphatic heterocycles. The van der Waals surface area contributed by atoms with Gasteiger partial charge in [0.2, 0.25) is 5.95 Å². The first-order valence-corrected chi connectivity index (χ1v) is 10.5. The van der Waals surface area contributed by atoms with Gasteiger partial charge in [-0.05, 0) is 44.1 Å². The third kappa shape index (κ3) is 5.37. The van der Waals surface area contributed by atoms with E-state index in [1.54, 1.807) is 0 Å². The van der Waals surface area contributed by atoms with Gasteiger partial charge in [-0.3, -0.25) is 9.36 Å². The minimum Gasteiger partial charge on any atom is -0.469 e. The summed E-state index contributed by atoms with van der Waals surface area (Å²) in [4.78, 5) is 41.4. The highest BCUT2D eigenvalue weighted by atomic mass is 16.5. The maximum absolute atomic E-state index is 13.2. The predicted molar refractivity (Wildman–Crippen MR) is 115 cm³/mol. The highest BCUT2D eigenvalue weighted by molar-refractivity contribution is 5.68. The van der Waals surface area contributed by atoms with E-state index in [0.717, 1.165) is 41.4 Å². The fourth-order valence-corrected chi connectivity index (χ4v) is 3.74. The van der Waals surface area contributed by atoms with Gasteiger partial charge < -0.3 is 10.1 Å². The average Bonchev–Trinajstić information content (AvgIpc) is 2.73. The first-order chi connectivity index (χ1) is 14.4. The molecule has 8 heteroatoms. The third-order valence-electron chi connectivity index (χ3n) is 5.73. The largest absolute Gasteiger partial charge is 0.469 e. The number of benzene rings is 1. The van der Waals surface area contributed by atoms with Gasteiger partial charge in [0.15, 0.2) is 0 Å². The van der Waals surface area contributed by atoms with Crippen LogP contribution in [0.1, 0.15) is 50.2 Å². The SMILES string of the molecule is COC(=O)CCn1c(=O)nc(NC2CCC(C)CC2)n(Cc2ccc(C)cc2)c1=O. The lowest BCUT2D eigenvalue weighted by Crippen LogP contribution is -2.44. The summed E-state index contributed by atoms with van der Waals surface area (Å²) >= 11 is 0. The lowest BCUT2D eigenvalue weighted by molar-refractivity contribution is -0.140. The Labute approximate surface area is 175 Å². The normalized spacial score (nSPS) is 18.8. The molecule has 1 N–H and O–H groups in total. The maximum Gasteiger partial charge on any atom is 0.354 e. The van der Waals surface area contributed by atoms with Crippen LogP contribution in [0, 0.1) is 12.8 Å². The second kappa shape index (κ2) is 9.73. The quantitative estimate of drug-likeness (QED) is 0.699. The Bertz CT molecular complexity index is 986. The molecule has 1 aliphatic rings. The zero-order valence-corrected chi connectivity index (χ0v) is 17.9. The molecule has 1 fully saturated rings. The Morgan fingerprint density at radius 3 is 2.43 bits per heavy atom. The standard InChI is InChI=1S/C22H30N4O4/c1-15-4-8-17(9-5-15)14-26-20(23-18-10-6-16(2)7-11-18)24-21(28)25(22(26)29)13-12-19(27)30-3/h4-5,8-9,16,18H,6-7,10-14H2,1-3H3,(H,23,24,28).